The first-order valence-electron chi connectivity index (χ1n) is 9.15. The molecule has 1 atom stereocenters. The number of pyridine rings is 1. The average Bonchev–Trinajstić information content (AvgIpc) is 3.07. The first kappa shape index (κ1) is 20.0. The molecular weight excluding hydrogens is 368 g/mol. The number of Topliss-reactive ketones (excluding diaryl/α,β-unsaturated/α-hetero) is 1. The van der Waals surface area contributed by atoms with Gasteiger partial charge in [0, 0.05) is 30.1 Å². The molecule has 28 heavy (non-hydrogen) atoms. The van der Waals surface area contributed by atoms with Gasteiger partial charge < -0.3 is 0 Å². The normalized spacial score (nSPS) is 12.0. The largest absolute Gasteiger partial charge is 0.298 e. The quantitative estimate of drug-likeness (QED) is 0.328. The van der Waals surface area contributed by atoms with Crippen LogP contribution in [0.2, 0.25) is 0 Å². The SMILES string of the molecule is C=CCn1c(S[C@@H](C)C(=O)c2cc(C)c(C)cc2C)nnc1-c1ccncc1. The molecule has 0 fully saturated rings. The highest BCUT2D eigenvalue weighted by molar-refractivity contribution is 8.00. The molecule has 2 heterocycles. The van der Waals surface area contributed by atoms with Crippen LogP contribution in [0.1, 0.15) is 34.0 Å². The fourth-order valence-corrected chi connectivity index (χ4v) is 3.97. The molecule has 0 bridgehead atoms. The van der Waals surface area contributed by atoms with Gasteiger partial charge in [-0.05, 0) is 62.6 Å². The molecule has 3 rings (SSSR count). The number of benzene rings is 1. The van der Waals surface area contributed by atoms with Crippen molar-refractivity contribution in [2.24, 2.45) is 0 Å². The summed E-state index contributed by atoms with van der Waals surface area (Å²) in [4.78, 5) is 17.1. The van der Waals surface area contributed by atoms with Crippen molar-refractivity contribution in [3.8, 4) is 11.4 Å². The number of aromatic nitrogens is 4. The molecule has 0 radical (unpaired) electrons. The number of thioether (sulfide) groups is 1. The van der Waals surface area contributed by atoms with Gasteiger partial charge in [-0.1, -0.05) is 23.9 Å². The maximum atomic E-state index is 13.1. The Morgan fingerprint density at radius 2 is 1.82 bits per heavy atom. The number of carbonyl (C=O) groups is 1. The molecule has 144 valence electrons. The highest BCUT2D eigenvalue weighted by atomic mass is 32.2. The van der Waals surface area contributed by atoms with Crippen LogP contribution in [0.15, 0.2) is 54.5 Å². The van der Waals surface area contributed by atoms with E-state index < -0.39 is 0 Å². The van der Waals surface area contributed by atoms with Crippen molar-refractivity contribution in [1.82, 2.24) is 19.7 Å². The van der Waals surface area contributed by atoms with Crippen molar-refractivity contribution in [3.05, 3.63) is 71.6 Å². The van der Waals surface area contributed by atoms with E-state index >= 15 is 0 Å². The van der Waals surface area contributed by atoms with Gasteiger partial charge in [-0.2, -0.15) is 0 Å². The minimum absolute atomic E-state index is 0.101. The van der Waals surface area contributed by atoms with E-state index in [4.69, 9.17) is 0 Å². The van der Waals surface area contributed by atoms with E-state index in [9.17, 15) is 4.79 Å². The first-order valence-corrected chi connectivity index (χ1v) is 10.0. The van der Waals surface area contributed by atoms with Gasteiger partial charge in [0.1, 0.15) is 0 Å². The second kappa shape index (κ2) is 8.52. The van der Waals surface area contributed by atoms with Crippen LogP contribution in [-0.2, 0) is 6.54 Å². The number of ketones is 1. The maximum absolute atomic E-state index is 13.1. The topological polar surface area (TPSA) is 60.7 Å². The molecule has 0 aliphatic rings. The Bertz CT molecular complexity index is 1010. The lowest BCUT2D eigenvalue weighted by molar-refractivity contribution is 0.0993. The summed E-state index contributed by atoms with van der Waals surface area (Å²) in [5.74, 6) is 0.844. The van der Waals surface area contributed by atoms with Gasteiger partial charge >= 0.3 is 0 Å². The number of allylic oxidation sites excluding steroid dienone is 1. The summed E-state index contributed by atoms with van der Waals surface area (Å²) in [6.45, 7) is 12.4. The van der Waals surface area contributed by atoms with Gasteiger partial charge in [-0.3, -0.25) is 14.3 Å². The van der Waals surface area contributed by atoms with Gasteiger partial charge in [0.2, 0.25) is 0 Å². The minimum Gasteiger partial charge on any atom is -0.298 e. The summed E-state index contributed by atoms with van der Waals surface area (Å²) in [7, 11) is 0. The summed E-state index contributed by atoms with van der Waals surface area (Å²) in [6.07, 6.45) is 5.26. The molecule has 0 aliphatic carbocycles. The Hall–Kier alpha value is -2.73. The molecule has 0 N–H and O–H groups in total. The Balaban J connectivity index is 1.89. The molecule has 0 unspecified atom stereocenters. The maximum Gasteiger partial charge on any atom is 0.192 e. The molecular formula is C22H24N4OS. The molecule has 0 saturated carbocycles. The van der Waals surface area contributed by atoms with Gasteiger partial charge in [0.15, 0.2) is 16.8 Å². The van der Waals surface area contributed by atoms with E-state index in [0.717, 1.165) is 28.1 Å². The highest BCUT2D eigenvalue weighted by Crippen LogP contribution is 2.29. The van der Waals surface area contributed by atoms with E-state index in [2.05, 4.69) is 34.8 Å². The first-order chi connectivity index (χ1) is 13.4. The predicted octanol–water partition coefficient (Wildman–Crippen LogP) is 4.81. The smallest absolute Gasteiger partial charge is 0.192 e. The number of hydrogen-bond donors (Lipinski definition) is 0. The standard InChI is InChI=1S/C22H24N4OS/c1-6-11-26-21(18-7-9-23-10-8-18)24-25-22(26)28-17(5)20(27)19-13-15(3)14(2)12-16(19)4/h6-10,12-13,17H,1,11H2,2-5H3/t17-/m0/s1. The van der Waals surface area contributed by atoms with E-state index in [0.29, 0.717) is 11.7 Å². The number of hydrogen-bond acceptors (Lipinski definition) is 5. The van der Waals surface area contributed by atoms with Crippen LogP contribution in [0.4, 0.5) is 0 Å². The van der Waals surface area contributed by atoms with Crippen molar-refractivity contribution in [2.45, 2.75) is 44.6 Å². The minimum atomic E-state index is -0.279. The molecule has 2 aromatic heterocycles. The van der Waals surface area contributed by atoms with E-state index in [1.807, 2.05) is 43.5 Å². The fraction of sp³-hybridized carbons (Fsp3) is 0.273. The zero-order valence-electron chi connectivity index (χ0n) is 16.6. The van der Waals surface area contributed by atoms with Gasteiger partial charge in [-0.25, -0.2) is 0 Å². The second-order valence-electron chi connectivity index (χ2n) is 6.82. The Labute approximate surface area is 169 Å². The lowest BCUT2D eigenvalue weighted by Gasteiger charge is -2.14. The van der Waals surface area contributed by atoms with Crippen LogP contribution >= 0.6 is 11.8 Å². The highest BCUT2D eigenvalue weighted by Gasteiger charge is 2.23. The molecule has 5 nitrogen and oxygen atoms in total. The Morgan fingerprint density at radius 3 is 2.50 bits per heavy atom. The summed E-state index contributed by atoms with van der Waals surface area (Å²) < 4.78 is 1.98. The van der Waals surface area contributed by atoms with E-state index in [1.165, 1.54) is 17.3 Å². The van der Waals surface area contributed by atoms with Crippen molar-refractivity contribution < 1.29 is 4.79 Å². The molecule has 0 amide bonds. The van der Waals surface area contributed by atoms with E-state index in [1.54, 1.807) is 18.5 Å². The van der Waals surface area contributed by atoms with E-state index in [-0.39, 0.29) is 11.0 Å². The van der Waals surface area contributed by atoms with Crippen LogP contribution in [-0.4, -0.2) is 30.8 Å². The molecule has 0 aliphatic heterocycles. The van der Waals surface area contributed by atoms with Crippen molar-refractivity contribution in [3.63, 3.8) is 0 Å². The monoisotopic (exact) mass is 392 g/mol. The Morgan fingerprint density at radius 1 is 1.14 bits per heavy atom. The summed E-state index contributed by atoms with van der Waals surface area (Å²) >= 11 is 1.42. The third-order valence-electron chi connectivity index (χ3n) is 4.72. The number of carbonyl (C=O) groups excluding carboxylic acids is 1. The third kappa shape index (κ3) is 4.07. The van der Waals surface area contributed by atoms with Crippen LogP contribution in [0, 0.1) is 20.8 Å². The number of rotatable bonds is 7. The van der Waals surface area contributed by atoms with Crippen LogP contribution < -0.4 is 0 Å². The zero-order chi connectivity index (χ0) is 20.3. The van der Waals surface area contributed by atoms with Gasteiger partial charge in [-0.15, -0.1) is 16.8 Å². The number of aryl methyl sites for hydroxylation is 3. The summed E-state index contributed by atoms with van der Waals surface area (Å²) in [6, 6.07) is 7.85. The summed E-state index contributed by atoms with van der Waals surface area (Å²) in [5, 5.41) is 9.10. The average molecular weight is 393 g/mol. The number of nitrogens with zero attached hydrogens (tertiary/aromatic N) is 4. The third-order valence-corrected chi connectivity index (χ3v) is 5.81. The lowest BCUT2D eigenvalue weighted by atomic mass is 9.97. The van der Waals surface area contributed by atoms with Crippen molar-refractivity contribution in [1.29, 1.82) is 0 Å². The molecule has 1 aromatic carbocycles. The van der Waals surface area contributed by atoms with Gasteiger partial charge in [0.25, 0.3) is 0 Å². The molecule has 6 heteroatoms. The lowest BCUT2D eigenvalue weighted by Crippen LogP contribution is -2.16. The Kier molecular flexibility index (Phi) is 6.09. The van der Waals surface area contributed by atoms with Crippen molar-refractivity contribution in [2.75, 3.05) is 0 Å². The van der Waals surface area contributed by atoms with Crippen molar-refractivity contribution >= 4 is 17.5 Å². The molecule has 0 spiro atoms. The zero-order valence-corrected chi connectivity index (χ0v) is 17.5. The van der Waals surface area contributed by atoms with Gasteiger partial charge in [0.05, 0.1) is 5.25 Å². The van der Waals surface area contributed by atoms with Crippen LogP contribution in [0.5, 0.6) is 0 Å². The summed E-state index contributed by atoms with van der Waals surface area (Å²) in [5.41, 5.74) is 5.03. The fourth-order valence-electron chi connectivity index (χ4n) is 3.04. The van der Waals surface area contributed by atoms with Crippen LogP contribution in [0.25, 0.3) is 11.4 Å². The second-order valence-corrected chi connectivity index (χ2v) is 8.13. The molecule has 3 aromatic rings. The van der Waals surface area contributed by atoms with Crippen LogP contribution in [0.3, 0.4) is 0 Å². The molecule has 0 saturated heterocycles. The predicted molar refractivity (Wildman–Crippen MR) is 114 cm³/mol.